The van der Waals surface area contributed by atoms with Gasteiger partial charge in [-0.3, -0.25) is 4.79 Å². The molecule has 0 aromatic heterocycles. The maximum Gasteiger partial charge on any atom is 0.305 e. The van der Waals surface area contributed by atoms with Crippen molar-refractivity contribution in [3.63, 3.8) is 0 Å². The summed E-state index contributed by atoms with van der Waals surface area (Å²) in [6, 6.07) is -0.338. The Bertz CT molecular complexity index is 143. The Hall–Kier alpha value is -0.610. The van der Waals surface area contributed by atoms with Crippen LogP contribution in [0.2, 0.25) is 0 Å². The van der Waals surface area contributed by atoms with E-state index in [4.69, 9.17) is 15.6 Å². The Balaban J connectivity index is 2.28. The number of carboxylic acids is 1. The van der Waals surface area contributed by atoms with Gasteiger partial charge in [-0.15, -0.1) is 0 Å². The Labute approximate surface area is 65.3 Å². The number of rotatable bonds is 3. The molecule has 64 valence electrons. The van der Waals surface area contributed by atoms with Gasteiger partial charge in [-0.25, -0.2) is 0 Å². The fraction of sp³-hybridized carbons (Fsp3) is 0.857. The molecule has 1 saturated heterocycles. The smallest absolute Gasteiger partial charge is 0.305 e. The van der Waals surface area contributed by atoms with Gasteiger partial charge in [-0.1, -0.05) is 0 Å². The molecule has 4 nitrogen and oxygen atoms in total. The molecule has 0 aromatic carbocycles. The fourth-order valence-corrected chi connectivity index (χ4v) is 1.27. The van der Waals surface area contributed by atoms with Gasteiger partial charge >= 0.3 is 5.97 Å². The molecule has 1 aliphatic rings. The highest BCUT2D eigenvalue weighted by Crippen LogP contribution is 2.15. The molecule has 3 N–H and O–H groups in total. The highest BCUT2D eigenvalue weighted by molar-refractivity contribution is 5.67. The summed E-state index contributed by atoms with van der Waals surface area (Å²) in [6.45, 7) is 0.720. The molecule has 4 heteroatoms. The van der Waals surface area contributed by atoms with E-state index in [0.717, 1.165) is 19.4 Å². The van der Waals surface area contributed by atoms with Gasteiger partial charge in [0.05, 0.1) is 12.5 Å². The SMILES string of the molecule is N[C@H](CC(=O)O)[C@H]1CCCO1. The zero-order valence-electron chi connectivity index (χ0n) is 6.32. The van der Waals surface area contributed by atoms with Gasteiger partial charge in [0.2, 0.25) is 0 Å². The average molecular weight is 159 g/mol. The zero-order valence-corrected chi connectivity index (χ0v) is 6.32. The summed E-state index contributed by atoms with van der Waals surface area (Å²) < 4.78 is 5.23. The normalized spacial score (nSPS) is 26.8. The van der Waals surface area contributed by atoms with Gasteiger partial charge in [0.15, 0.2) is 0 Å². The minimum absolute atomic E-state index is 0.00463. The van der Waals surface area contributed by atoms with Gasteiger partial charge < -0.3 is 15.6 Å². The summed E-state index contributed by atoms with van der Waals surface area (Å²) in [5.41, 5.74) is 5.57. The van der Waals surface area contributed by atoms with Crippen LogP contribution in [0.5, 0.6) is 0 Å². The number of hydrogen-bond acceptors (Lipinski definition) is 3. The second-order valence-corrected chi connectivity index (χ2v) is 2.81. The van der Waals surface area contributed by atoms with Crippen molar-refractivity contribution in [1.82, 2.24) is 0 Å². The molecular formula is C7H13NO3. The van der Waals surface area contributed by atoms with Gasteiger partial charge in [-0.2, -0.15) is 0 Å². The van der Waals surface area contributed by atoms with Crippen molar-refractivity contribution in [3.05, 3.63) is 0 Å². The molecule has 11 heavy (non-hydrogen) atoms. The molecule has 1 aliphatic heterocycles. The van der Waals surface area contributed by atoms with Crippen molar-refractivity contribution in [2.24, 2.45) is 5.73 Å². The van der Waals surface area contributed by atoms with Gasteiger partial charge in [0.1, 0.15) is 0 Å². The molecule has 0 unspecified atom stereocenters. The lowest BCUT2D eigenvalue weighted by Crippen LogP contribution is -2.36. The molecule has 0 amide bonds. The third-order valence-corrected chi connectivity index (χ3v) is 1.85. The molecule has 0 spiro atoms. The van der Waals surface area contributed by atoms with E-state index in [-0.39, 0.29) is 18.6 Å². The standard InChI is InChI=1S/C7H13NO3/c8-5(4-7(9)10)6-2-1-3-11-6/h5-6H,1-4,8H2,(H,9,10)/t5-,6-/m1/s1. The minimum atomic E-state index is -0.854. The Morgan fingerprint density at radius 1 is 1.82 bits per heavy atom. The Morgan fingerprint density at radius 2 is 2.55 bits per heavy atom. The largest absolute Gasteiger partial charge is 0.481 e. The summed E-state index contributed by atoms with van der Waals surface area (Å²) >= 11 is 0. The van der Waals surface area contributed by atoms with Crippen molar-refractivity contribution < 1.29 is 14.6 Å². The molecule has 0 aliphatic carbocycles. The summed E-state index contributed by atoms with van der Waals surface area (Å²) in [6.07, 6.45) is 1.86. The lowest BCUT2D eigenvalue weighted by Gasteiger charge is -2.15. The van der Waals surface area contributed by atoms with Crippen LogP contribution in [0.15, 0.2) is 0 Å². The second-order valence-electron chi connectivity index (χ2n) is 2.81. The topological polar surface area (TPSA) is 72.6 Å². The second kappa shape index (κ2) is 3.69. The number of hydrogen-bond donors (Lipinski definition) is 2. The van der Waals surface area contributed by atoms with Crippen molar-refractivity contribution in [1.29, 1.82) is 0 Å². The lowest BCUT2D eigenvalue weighted by atomic mass is 10.1. The van der Waals surface area contributed by atoms with Crippen molar-refractivity contribution in [2.45, 2.75) is 31.4 Å². The van der Waals surface area contributed by atoms with E-state index in [9.17, 15) is 4.79 Å². The molecular weight excluding hydrogens is 146 g/mol. The molecule has 1 fully saturated rings. The van der Waals surface area contributed by atoms with E-state index in [1.54, 1.807) is 0 Å². The van der Waals surface area contributed by atoms with E-state index in [0.29, 0.717) is 0 Å². The van der Waals surface area contributed by atoms with E-state index in [1.165, 1.54) is 0 Å². The molecule has 0 saturated carbocycles. The van der Waals surface area contributed by atoms with Gasteiger partial charge in [-0.05, 0) is 12.8 Å². The van der Waals surface area contributed by atoms with Crippen LogP contribution in [0.25, 0.3) is 0 Å². The monoisotopic (exact) mass is 159 g/mol. The van der Waals surface area contributed by atoms with E-state index >= 15 is 0 Å². The molecule has 0 radical (unpaired) electrons. The fourth-order valence-electron chi connectivity index (χ4n) is 1.27. The number of aliphatic carboxylic acids is 1. The van der Waals surface area contributed by atoms with Crippen LogP contribution in [-0.2, 0) is 9.53 Å². The Morgan fingerprint density at radius 3 is 3.00 bits per heavy atom. The zero-order chi connectivity index (χ0) is 8.27. The van der Waals surface area contributed by atoms with Crippen molar-refractivity contribution >= 4 is 5.97 Å². The summed E-state index contributed by atoms with van der Waals surface area (Å²) in [7, 11) is 0. The predicted octanol–water partition coefficient (Wildman–Crippen LogP) is -0.0326. The van der Waals surface area contributed by atoms with Gasteiger partial charge in [0, 0.05) is 12.6 Å². The maximum atomic E-state index is 10.2. The summed E-state index contributed by atoms with van der Waals surface area (Å²) in [4.78, 5) is 10.2. The lowest BCUT2D eigenvalue weighted by molar-refractivity contribution is -0.138. The summed E-state index contributed by atoms with van der Waals surface area (Å²) in [5.74, 6) is -0.854. The van der Waals surface area contributed by atoms with E-state index in [1.807, 2.05) is 0 Å². The van der Waals surface area contributed by atoms with Crippen LogP contribution in [0, 0.1) is 0 Å². The number of nitrogens with two attached hydrogens (primary N) is 1. The number of carboxylic acid groups (broad SMARTS) is 1. The first-order valence-electron chi connectivity index (χ1n) is 3.79. The molecule has 1 heterocycles. The van der Waals surface area contributed by atoms with Crippen LogP contribution in [0.4, 0.5) is 0 Å². The van der Waals surface area contributed by atoms with Gasteiger partial charge in [0.25, 0.3) is 0 Å². The maximum absolute atomic E-state index is 10.2. The van der Waals surface area contributed by atoms with Crippen LogP contribution < -0.4 is 5.73 Å². The molecule has 0 bridgehead atoms. The Kier molecular flexibility index (Phi) is 2.84. The quantitative estimate of drug-likeness (QED) is 0.606. The first-order valence-corrected chi connectivity index (χ1v) is 3.79. The van der Waals surface area contributed by atoms with Crippen LogP contribution in [0.1, 0.15) is 19.3 Å². The summed E-state index contributed by atoms with van der Waals surface area (Å²) in [5, 5.41) is 8.41. The first kappa shape index (κ1) is 8.49. The highest BCUT2D eigenvalue weighted by Gasteiger charge is 2.24. The minimum Gasteiger partial charge on any atom is -0.481 e. The van der Waals surface area contributed by atoms with Crippen LogP contribution >= 0.6 is 0 Å². The number of carbonyl (C=O) groups is 1. The highest BCUT2D eigenvalue weighted by atomic mass is 16.5. The molecule has 2 atom stereocenters. The first-order chi connectivity index (χ1) is 5.20. The molecule has 0 aromatic rings. The van der Waals surface area contributed by atoms with Crippen molar-refractivity contribution in [3.8, 4) is 0 Å². The van der Waals surface area contributed by atoms with Crippen molar-refractivity contribution in [2.75, 3.05) is 6.61 Å². The van der Waals surface area contributed by atoms with Crippen LogP contribution in [-0.4, -0.2) is 29.8 Å². The van der Waals surface area contributed by atoms with Crippen LogP contribution in [0.3, 0.4) is 0 Å². The average Bonchev–Trinajstić information content (AvgIpc) is 2.35. The third-order valence-electron chi connectivity index (χ3n) is 1.85. The van der Waals surface area contributed by atoms with E-state index in [2.05, 4.69) is 0 Å². The number of ether oxygens (including phenoxy) is 1. The molecule has 1 rings (SSSR count). The van der Waals surface area contributed by atoms with E-state index < -0.39 is 5.97 Å². The third kappa shape index (κ3) is 2.48. The predicted molar refractivity (Wildman–Crippen MR) is 39.2 cm³/mol.